The Balaban J connectivity index is 1.77. The average Bonchev–Trinajstić information content (AvgIpc) is 2.96. The Morgan fingerprint density at radius 2 is 2.53 bits per heavy atom. The van der Waals surface area contributed by atoms with Crippen molar-refractivity contribution >= 4 is 22.9 Å². The fourth-order valence-corrected chi connectivity index (χ4v) is 3.72. The number of hydrogen-bond donors (Lipinski definition) is 1. The maximum atomic E-state index is 6.17. The van der Waals surface area contributed by atoms with Crippen LogP contribution < -0.4 is 5.32 Å². The van der Waals surface area contributed by atoms with Crippen molar-refractivity contribution in [3.05, 3.63) is 21.3 Å². The second kappa shape index (κ2) is 6.74. The van der Waals surface area contributed by atoms with Gasteiger partial charge in [0.1, 0.15) is 0 Å². The molecular weight excluding hydrogens is 254 g/mol. The normalized spacial score (nSPS) is 21.9. The van der Waals surface area contributed by atoms with Crippen LogP contribution >= 0.6 is 22.9 Å². The molecule has 4 heteroatoms. The van der Waals surface area contributed by atoms with Crippen LogP contribution in [0.5, 0.6) is 0 Å². The monoisotopic (exact) mass is 273 g/mol. The van der Waals surface area contributed by atoms with E-state index in [1.54, 1.807) is 11.3 Å². The highest BCUT2D eigenvalue weighted by atomic mass is 35.5. The van der Waals surface area contributed by atoms with Gasteiger partial charge >= 0.3 is 0 Å². The van der Waals surface area contributed by atoms with E-state index in [9.17, 15) is 0 Å². The second-order valence-electron chi connectivity index (χ2n) is 4.54. The van der Waals surface area contributed by atoms with Crippen molar-refractivity contribution in [3.63, 3.8) is 0 Å². The summed E-state index contributed by atoms with van der Waals surface area (Å²) in [5.74, 6) is 0. The molecule has 2 atom stereocenters. The third-order valence-electron chi connectivity index (χ3n) is 3.35. The molecule has 1 saturated heterocycles. The Bertz CT molecular complexity index is 336. The Kier molecular flexibility index (Phi) is 5.29. The van der Waals surface area contributed by atoms with Crippen molar-refractivity contribution in [1.82, 2.24) is 5.32 Å². The SMILES string of the molecule is CNC(CCCC1CCCO1)c1sccc1Cl. The van der Waals surface area contributed by atoms with Crippen LogP contribution in [0.4, 0.5) is 0 Å². The molecule has 0 amide bonds. The predicted molar refractivity (Wildman–Crippen MR) is 74.0 cm³/mol. The number of halogens is 1. The number of ether oxygens (including phenoxy) is 1. The molecule has 1 fully saturated rings. The second-order valence-corrected chi connectivity index (χ2v) is 5.89. The van der Waals surface area contributed by atoms with Crippen LogP contribution in [-0.2, 0) is 4.74 Å². The summed E-state index contributed by atoms with van der Waals surface area (Å²) in [5, 5.41) is 6.31. The fraction of sp³-hybridized carbons (Fsp3) is 0.692. The first kappa shape index (κ1) is 13.3. The van der Waals surface area contributed by atoms with E-state index in [1.165, 1.54) is 30.6 Å². The minimum absolute atomic E-state index is 0.393. The Labute approximate surface area is 112 Å². The van der Waals surface area contributed by atoms with Crippen LogP contribution in [0.15, 0.2) is 11.4 Å². The summed E-state index contributed by atoms with van der Waals surface area (Å²) in [7, 11) is 2.01. The zero-order valence-corrected chi connectivity index (χ0v) is 11.8. The minimum Gasteiger partial charge on any atom is -0.378 e. The van der Waals surface area contributed by atoms with E-state index in [1.807, 2.05) is 13.1 Å². The van der Waals surface area contributed by atoms with Crippen molar-refractivity contribution in [2.75, 3.05) is 13.7 Å². The van der Waals surface area contributed by atoms with Crippen molar-refractivity contribution in [2.45, 2.75) is 44.2 Å². The lowest BCUT2D eigenvalue weighted by Gasteiger charge is -2.16. The van der Waals surface area contributed by atoms with Crippen molar-refractivity contribution in [3.8, 4) is 0 Å². The van der Waals surface area contributed by atoms with Crippen LogP contribution in [0.1, 0.15) is 43.0 Å². The first-order chi connectivity index (χ1) is 8.31. The molecule has 2 nitrogen and oxygen atoms in total. The first-order valence-electron chi connectivity index (χ1n) is 6.33. The highest BCUT2D eigenvalue weighted by Crippen LogP contribution is 2.31. The van der Waals surface area contributed by atoms with Crippen LogP contribution in [0.25, 0.3) is 0 Å². The number of hydrogen-bond acceptors (Lipinski definition) is 3. The third kappa shape index (κ3) is 3.68. The number of nitrogens with one attached hydrogen (secondary N) is 1. The third-order valence-corrected chi connectivity index (χ3v) is 4.82. The lowest BCUT2D eigenvalue weighted by molar-refractivity contribution is 0.101. The van der Waals surface area contributed by atoms with Gasteiger partial charge in [-0.15, -0.1) is 11.3 Å². The molecule has 2 unspecified atom stereocenters. The van der Waals surface area contributed by atoms with Gasteiger partial charge in [-0.1, -0.05) is 11.6 Å². The van der Waals surface area contributed by atoms with Gasteiger partial charge in [0.15, 0.2) is 0 Å². The summed E-state index contributed by atoms with van der Waals surface area (Å²) in [5.41, 5.74) is 0. The molecule has 2 heterocycles. The first-order valence-corrected chi connectivity index (χ1v) is 7.58. The van der Waals surface area contributed by atoms with Gasteiger partial charge in [0, 0.05) is 17.5 Å². The van der Waals surface area contributed by atoms with E-state index in [-0.39, 0.29) is 0 Å². The Morgan fingerprint density at radius 3 is 3.12 bits per heavy atom. The summed E-state index contributed by atoms with van der Waals surface area (Å²) in [6.07, 6.45) is 6.49. The number of thiophene rings is 1. The van der Waals surface area contributed by atoms with E-state index in [4.69, 9.17) is 16.3 Å². The van der Waals surface area contributed by atoms with E-state index in [0.29, 0.717) is 12.1 Å². The highest BCUT2D eigenvalue weighted by Gasteiger charge is 2.18. The molecule has 0 radical (unpaired) electrons. The van der Waals surface area contributed by atoms with Gasteiger partial charge in [0.2, 0.25) is 0 Å². The van der Waals surface area contributed by atoms with Gasteiger partial charge in [-0.05, 0) is 50.6 Å². The molecule has 96 valence electrons. The molecule has 17 heavy (non-hydrogen) atoms. The van der Waals surface area contributed by atoms with Crippen LogP contribution in [0.2, 0.25) is 5.02 Å². The quantitative estimate of drug-likeness (QED) is 0.846. The molecule has 2 rings (SSSR count). The lowest BCUT2D eigenvalue weighted by Crippen LogP contribution is -2.16. The average molecular weight is 274 g/mol. The summed E-state index contributed by atoms with van der Waals surface area (Å²) in [6, 6.07) is 2.37. The maximum absolute atomic E-state index is 6.17. The van der Waals surface area contributed by atoms with Crippen LogP contribution in [-0.4, -0.2) is 19.8 Å². The van der Waals surface area contributed by atoms with E-state index in [0.717, 1.165) is 18.1 Å². The van der Waals surface area contributed by atoms with Crippen LogP contribution in [0, 0.1) is 0 Å². The predicted octanol–water partition coefficient (Wildman–Crippen LogP) is 4.01. The van der Waals surface area contributed by atoms with Gasteiger partial charge in [0.25, 0.3) is 0 Å². The number of rotatable bonds is 6. The van der Waals surface area contributed by atoms with E-state index < -0.39 is 0 Å². The zero-order chi connectivity index (χ0) is 12.1. The van der Waals surface area contributed by atoms with Gasteiger partial charge in [-0.3, -0.25) is 0 Å². The van der Waals surface area contributed by atoms with Crippen molar-refractivity contribution in [2.24, 2.45) is 0 Å². The fourth-order valence-electron chi connectivity index (χ4n) is 2.38. The molecule has 0 aliphatic carbocycles. The molecule has 0 spiro atoms. The molecule has 1 aliphatic heterocycles. The standard InChI is InChI=1S/C13H20ClNOS/c1-15-12(13-11(14)7-9-17-13)6-2-4-10-5-3-8-16-10/h7,9-10,12,15H,2-6,8H2,1H3. The van der Waals surface area contributed by atoms with Gasteiger partial charge < -0.3 is 10.1 Å². The van der Waals surface area contributed by atoms with Gasteiger partial charge in [0.05, 0.1) is 11.1 Å². The highest BCUT2D eigenvalue weighted by molar-refractivity contribution is 7.10. The summed E-state index contributed by atoms with van der Waals surface area (Å²) < 4.78 is 5.64. The largest absolute Gasteiger partial charge is 0.378 e. The van der Waals surface area contributed by atoms with Gasteiger partial charge in [-0.2, -0.15) is 0 Å². The summed E-state index contributed by atoms with van der Waals surface area (Å²) in [6.45, 7) is 0.955. The molecule has 1 aliphatic rings. The summed E-state index contributed by atoms with van der Waals surface area (Å²) in [4.78, 5) is 1.27. The smallest absolute Gasteiger partial charge is 0.0576 e. The molecular formula is C13H20ClNOS. The molecule has 1 aromatic heterocycles. The zero-order valence-electron chi connectivity index (χ0n) is 10.2. The van der Waals surface area contributed by atoms with E-state index >= 15 is 0 Å². The van der Waals surface area contributed by atoms with Crippen molar-refractivity contribution < 1.29 is 4.74 Å². The summed E-state index contributed by atoms with van der Waals surface area (Å²) >= 11 is 7.90. The molecule has 1 aromatic rings. The minimum atomic E-state index is 0.393. The molecule has 1 N–H and O–H groups in total. The molecule has 0 aromatic carbocycles. The van der Waals surface area contributed by atoms with Gasteiger partial charge in [-0.25, -0.2) is 0 Å². The lowest BCUT2D eigenvalue weighted by atomic mass is 10.0. The Morgan fingerprint density at radius 1 is 1.65 bits per heavy atom. The van der Waals surface area contributed by atoms with Crippen molar-refractivity contribution in [1.29, 1.82) is 0 Å². The van der Waals surface area contributed by atoms with E-state index in [2.05, 4.69) is 10.7 Å². The molecule has 0 bridgehead atoms. The molecule has 0 saturated carbocycles. The maximum Gasteiger partial charge on any atom is 0.0576 e. The topological polar surface area (TPSA) is 21.3 Å². The van der Waals surface area contributed by atoms with Crippen LogP contribution in [0.3, 0.4) is 0 Å². The Hall–Kier alpha value is -0.0900.